The van der Waals surface area contributed by atoms with E-state index in [0.717, 1.165) is 18.4 Å². The zero-order valence-corrected chi connectivity index (χ0v) is 14.1. The van der Waals surface area contributed by atoms with Gasteiger partial charge in [-0.05, 0) is 37.8 Å². The largest absolute Gasteiger partial charge is 0.386 e. The third-order valence-corrected chi connectivity index (χ3v) is 4.09. The number of rotatable bonds is 10. The molecule has 120 valence electrons. The average molecular weight is 292 g/mol. The Kier molecular flexibility index (Phi) is 8.63. The molecule has 0 aliphatic carbocycles. The van der Waals surface area contributed by atoms with E-state index in [1.807, 2.05) is 19.1 Å². The Balaban J connectivity index is 2.40. The molecule has 0 aliphatic rings. The molecule has 2 nitrogen and oxygen atoms in total. The maximum Gasteiger partial charge on any atom is 0.105 e. The van der Waals surface area contributed by atoms with Crippen LogP contribution in [-0.4, -0.2) is 17.3 Å². The van der Waals surface area contributed by atoms with Crippen molar-refractivity contribution in [2.24, 2.45) is 0 Å². The topological polar surface area (TPSA) is 29.5 Å². The van der Waals surface area contributed by atoms with E-state index in [1.54, 1.807) is 0 Å². The van der Waals surface area contributed by atoms with E-state index < -0.39 is 6.10 Å². The maximum atomic E-state index is 10.4. The van der Waals surface area contributed by atoms with Gasteiger partial charge in [0.05, 0.1) is 12.2 Å². The van der Waals surface area contributed by atoms with Crippen LogP contribution in [0.5, 0.6) is 0 Å². The predicted octanol–water partition coefficient (Wildman–Crippen LogP) is 5.05. The second-order valence-corrected chi connectivity index (χ2v) is 6.04. The minimum absolute atomic E-state index is 0.168. The monoisotopic (exact) mass is 292 g/mol. The van der Waals surface area contributed by atoms with Gasteiger partial charge in [-0.15, -0.1) is 0 Å². The van der Waals surface area contributed by atoms with E-state index >= 15 is 0 Å². The van der Waals surface area contributed by atoms with E-state index in [9.17, 15) is 5.11 Å². The van der Waals surface area contributed by atoms with Crippen LogP contribution in [0.3, 0.4) is 0 Å². The van der Waals surface area contributed by atoms with Gasteiger partial charge in [0.15, 0.2) is 0 Å². The molecule has 0 spiro atoms. The zero-order chi connectivity index (χ0) is 15.7. The summed E-state index contributed by atoms with van der Waals surface area (Å²) in [7, 11) is 0. The van der Waals surface area contributed by atoms with Crippen LogP contribution < -0.4 is 0 Å². The van der Waals surface area contributed by atoms with Crippen LogP contribution >= 0.6 is 0 Å². The molecule has 1 aromatic rings. The van der Waals surface area contributed by atoms with Gasteiger partial charge in [-0.1, -0.05) is 63.8 Å². The second-order valence-electron chi connectivity index (χ2n) is 6.04. The molecule has 1 aromatic carbocycles. The lowest BCUT2D eigenvalue weighted by atomic mass is 10.0. The van der Waals surface area contributed by atoms with Crippen LogP contribution in [0.25, 0.3) is 0 Å². The maximum absolute atomic E-state index is 10.4. The SMILES string of the molecule is CCCCCCC(C)OC(C)C(O)c1ccc(CC)cc1. The van der Waals surface area contributed by atoms with Crippen molar-refractivity contribution in [3.63, 3.8) is 0 Å². The van der Waals surface area contributed by atoms with Crippen LogP contribution in [0.2, 0.25) is 0 Å². The van der Waals surface area contributed by atoms with Crippen molar-refractivity contribution in [2.45, 2.75) is 84.5 Å². The Morgan fingerprint density at radius 3 is 2.24 bits per heavy atom. The fourth-order valence-electron chi connectivity index (χ4n) is 2.59. The fourth-order valence-corrected chi connectivity index (χ4v) is 2.59. The highest BCUT2D eigenvalue weighted by Crippen LogP contribution is 2.22. The number of aliphatic hydroxyl groups excluding tert-OH is 1. The van der Waals surface area contributed by atoms with Gasteiger partial charge in [-0.3, -0.25) is 0 Å². The van der Waals surface area contributed by atoms with Gasteiger partial charge in [-0.25, -0.2) is 0 Å². The number of aryl methyl sites for hydroxylation is 1. The Morgan fingerprint density at radius 2 is 1.67 bits per heavy atom. The van der Waals surface area contributed by atoms with Crippen molar-refractivity contribution in [2.75, 3.05) is 0 Å². The highest BCUT2D eigenvalue weighted by Gasteiger charge is 2.19. The van der Waals surface area contributed by atoms with Gasteiger partial charge in [0.25, 0.3) is 0 Å². The lowest BCUT2D eigenvalue weighted by Crippen LogP contribution is -2.23. The predicted molar refractivity (Wildman–Crippen MR) is 89.5 cm³/mol. The van der Waals surface area contributed by atoms with E-state index in [1.165, 1.54) is 31.2 Å². The normalized spacial score (nSPS) is 15.7. The molecule has 0 saturated heterocycles. The van der Waals surface area contributed by atoms with Crippen LogP contribution in [0.15, 0.2) is 24.3 Å². The minimum atomic E-state index is -0.547. The van der Waals surface area contributed by atoms with E-state index in [0.29, 0.717) is 0 Å². The number of hydrogen-bond acceptors (Lipinski definition) is 2. The van der Waals surface area contributed by atoms with Crippen LogP contribution in [-0.2, 0) is 11.2 Å². The van der Waals surface area contributed by atoms with Gasteiger partial charge >= 0.3 is 0 Å². The summed E-state index contributed by atoms with van der Waals surface area (Å²) in [5, 5.41) is 10.4. The van der Waals surface area contributed by atoms with Crippen LogP contribution in [0.1, 0.15) is 77.0 Å². The molecule has 0 aliphatic heterocycles. The third-order valence-electron chi connectivity index (χ3n) is 4.09. The lowest BCUT2D eigenvalue weighted by Gasteiger charge is -2.24. The summed E-state index contributed by atoms with van der Waals surface area (Å²) < 4.78 is 5.95. The van der Waals surface area contributed by atoms with Crippen molar-refractivity contribution < 1.29 is 9.84 Å². The highest BCUT2D eigenvalue weighted by atomic mass is 16.5. The Hall–Kier alpha value is -0.860. The standard InChI is InChI=1S/C19H32O2/c1-5-7-8-9-10-15(3)21-16(4)19(20)18-13-11-17(6-2)12-14-18/h11-16,19-20H,5-10H2,1-4H3. The molecule has 3 atom stereocenters. The summed E-state index contributed by atoms with van der Waals surface area (Å²) in [6, 6.07) is 8.18. The number of unbranched alkanes of at least 4 members (excludes halogenated alkanes) is 3. The van der Waals surface area contributed by atoms with Crippen molar-refractivity contribution in [1.82, 2.24) is 0 Å². The molecule has 0 aromatic heterocycles. The second kappa shape index (κ2) is 9.97. The van der Waals surface area contributed by atoms with Gasteiger partial charge < -0.3 is 9.84 Å². The van der Waals surface area contributed by atoms with Gasteiger partial charge in [0, 0.05) is 0 Å². The molecule has 3 unspecified atom stereocenters. The summed E-state index contributed by atoms with van der Waals surface area (Å²) in [5.74, 6) is 0. The van der Waals surface area contributed by atoms with Crippen molar-refractivity contribution in [1.29, 1.82) is 0 Å². The summed E-state index contributed by atoms with van der Waals surface area (Å²) in [6.07, 6.45) is 6.65. The molecule has 0 bridgehead atoms. The van der Waals surface area contributed by atoms with Crippen molar-refractivity contribution >= 4 is 0 Å². The molecule has 0 amide bonds. The van der Waals surface area contributed by atoms with E-state index in [4.69, 9.17) is 4.74 Å². The van der Waals surface area contributed by atoms with E-state index in [-0.39, 0.29) is 12.2 Å². The summed E-state index contributed by atoms with van der Waals surface area (Å²) in [4.78, 5) is 0. The van der Waals surface area contributed by atoms with Gasteiger partial charge in [0.2, 0.25) is 0 Å². The quantitative estimate of drug-likeness (QED) is 0.612. The van der Waals surface area contributed by atoms with Gasteiger partial charge in [0.1, 0.15) is 6.10 Å². The molecule has 1 rings (SSSR count). The lowest BCUT2D eigenvalue weighted by molar-refractivity contribution is -0.0653. The number of ether oxygens (including phenoxy) is 1. The molecular weight excluding hydrogens is 260 g/mol. The van der Waals surface area contributed by atoms with Crippen molar-refractivity contribution in [3.8, 4) is 0 Å². The molecule has 0 fully saturated rings. The molecule has 2 heteroatoms. The summed E-state index contributed by atoms with van der Waals surface area (Å²) in [5.41, 5.74) is 2.24. The first-order valence-electron chi connectivity index (χ1n) is 8.50. The highest BCUT2D eigenvalue weighted by molar-refractivity contribution is 5.24. The first-order valence-corrected chi connectivity index (χ1v) is 8.50. The molecule has 1 N–H and O–H groups in total. The number of aliphatic hydroxyl groups is 1. The van der Waals surface area contributed by atoms with Crippen molar-refractivity contribution in [3.05, 3.63) is 35.4 Å². The molecule has 21 heavy (non-hydrogen) atoms. The zero-order valence-electron chi connectivity index (χ0n) is 14.1. The Labute approximate surface area is 130 Å². The average Bonchev–Trinajstić information content (AvgIpc) is 2.51. The summed E-state index contributed by atoms with van der Waals surface area (Å²) >= 11 is 0. The molecule has 0 heterocycles. The van der Waals surface area contributed by atoms with Crippen LogP contribution in [0.4, 0.5) is 0 Å². The minimum Gasteiger partial charge on any atom is -0.386 e. The van der Waals surface area contributed by atoms with E-state index in [2.05, 4.69) is 32.9 Å². The smallest absolute Gasteiger partial charge is 0.105 e. The summed E-state index contributed by atoms with van der Waals surface area (Å²) in [6.45, 7) is 8.43. The molecule has 0 radical (unpaired) electrons. The fraction of sp³-hybridized carbons (Fsp3) is 0.684. The molecular formula is C19H32O2. The van der Waals surface area contributed by atoms with Gasteiger partial charge in [-0.2, -0.15) is 0 Å². The van der Waals surface area contributed by atoms with Crippen LogP contribution in [0, 0.1) is 0 Å². The molecule has 0 saturated carbocycles. The first-order chi connectivity index (χ1) is 10.1. The number of benzene rings is 1. The Morgan fingerprint density at radius 1 is 1.00 bits per heavy atom. The number of hydrogen-bond donors (Lipinski definition) is 1. The first kappa shape index (κ1) is 18.2. The third kappa shape index (κ3) is 6.62. The Bertz CT molecular complexity index is 372.